The number of aliphatic hydroxyl groups excluding tert-OH is 1. The number of aliphatic hydroxyl groups is 2. The number of halogens is 1. The van der Waals surface area contributed by atoms with Gasteiger partial charge in [0.25, 0.3) is 0 Å². The third-order valence-corrected chi connectivity index (χ3v) is 8.53. The van der Waals surface area contributed by atoms with E-state index in [0.717, 1.165) is 18.4 Å². The lowest BCUT2D eigenvalue weighted by atomic mass is 9.65. The molecule has 2 aromatic rings. The van der Waals surface area contributed by atoms with E-state index < -0.39 is 23.3 Å². The van der Waals surface area contributed by atoms with Crippen molar-refractivity contribution in [3.63, 3.8) is 0 Å². The number of amides is 1. The van der Waals surface area contributed by atoms with Crippen molar-refractivity contribution in [3.8, 4) is 16.9 Å². The standard InChI is InChI=1S/C29H39ClN2O6/c1-36-13-4-3-11-28(35,23-9-6-10-24(30)27(23)20-7-5-8-22(15-20)37-2)29(18-32(19-33)12-14-38-29)21-16-25(31)26(34)17-21/h5-10,15,19,21,25-26,34-35H,3-4,11-14,16-18,31H2,1-2H3/t21-,25+,26-,28+,29-/m0/s1. The van der Waals surface area contributed by atoms with Crippen LogP contribution in [0.2, 0.25) is 5.02 Å². The number of rotatable bonds is 11. The lowest BCUT2D eigenvalue weighted by Gasteiger charge is -2.55. The third kappa shape index (κ3) is 5.43. The summed E-state index contributed by atoms with van der Waals surface area (Å²) in [5, 5.41) is 24.2. The lowest BCUT2D eigenvalue weighted by molar-refractivity contribution is -0.246. The van der Waals surface area contributed by atoms with Crippen LogP contribution in [0.25, 0.3) is 11.1 Å². The SMILES string of the molecule is COCCCC[C@@](O)(c1cccc(Cl)c1-c1cccc(OC)c1)[C@@]1([C@H]2C[C@@H](N)[C@@H](O)C2)CN(C=O)CCO1. The number of methoxy groups -OCH3 is 2. The maximum Gasteiger partial charge on any atom is 0.209 e. The molecule has 1 aliphatic heterocycles. The molecule has 0 aromatic heterocycles. The Bertz CT molecular complexity index is 1090. The first-order valence-corrected chi connectivity index (χ1v) is 13.6. The van der Waals surface area contributed by atoms with Crippen LogP contribution in [0.5, 0.6) is 5.75 Å². The molecule has 1 saturated carbocycles. The first kappa shape index (κ1) is 28.8. The van der Waals surface area contributed by atoms with E-state index in [0.29, 0.717) is 60.7 Å². The predicted molar refractivity (Wildman–Crippen MR) is 146 cm³/mol. The van der Waals surface area contributed by atoms with Gasteiger partial charge in [-0.3, -0.25) is 4.79 Å². The summed E-state index contributed by atoms with van der Waals surface area (Å²) in [5.74, 6) is 0.373. The number of benzene rings is 2. The van der Waals surface area contributed by atoms with Gasteiger partial charge in [0.1, 0.15) is 17.0 Å². The molecule has 0 spiro atoms. The van der Waals surface area contributed by atoms with Gasteiger partial charge < -0.3 is 35.1 Å². The summed E-state index contributed by atoms with van der Waals surface area (Å²) in [7, 11) is 3.26. The minimum absolute atomic E-state index is 0.172. The molecule has 2 aromatic carbocycles. The highest BCUT2D eigenvalue weighted by Gasteiger charge is 2.61. The Kier molecular flexibility index (Phi) is 9.34. The molecule has 0 bridgehead atoms. The van der Waals surface area contributed by atoms with Crippen molar-refractivity contribution >= 4 is 18.0 Å². The Morgan fingerprint density at radius 1 is 1.24 bits per heavy atom. The quantitative estimate of drug-likeness (QED) is 0.292. The maximum atomic E-state index is 13.1. The average molecular weight is 547 g/mol. The minimum Gasteiger partial charge on any atom is -0.497 e. The number of carbonyl (C=O) groups excluding carboxylic acids is 1. The zero-order valence-electron chi connectivity index (χ0n) is 22.1. The monoisotopic (exact) mass is 546 g/mol. The van der Waals surface area contributed by atoms with Gasteiger partial charge in [-0.1, -0.05) is 35.9 Å². The van der Waals surface area contributed by atoms with E-state index in [2.05, 4.69) is 0 Å². The van der Waals surface area contributed by atoms with E-state index in [9.17, 15) is 15.0 Å². The van der Waals surface area contributed by atoms with E-state index in [1.54, 1.807) is 25.2 Å². The molecule has 4 N–H and O–H groups in total. The van der Waals surface area contributed by atoms with Gasteiger partial charge >= 0.3 is 0 Å². The minimum atomic E-state index is -1.57. The highest BCUT2D eigenvalue weighted by molar-refractivity contribution is 6.33. The number of nitrogens with zero attached hydrogens (tertiary/aromatic N) is 1. The lowest BCUT2D eigenvalue weighted by Crippen LogP contribution is -2.66. The fraction of sp³-hybridized carbons (Fsp3) is 0.552. The van der Waals surface area contributed by atoms with Crippen LogP contribution in [0.15, 0.2) is 42.5 Å². The molecule has 1 saturated heterocycles. The van der Waals surface area contributed by atoms with Gasteiger partial charge in [-0.15, -0.1) is 0 Å². The number of morpholine rings is 1. The molecule has 4 rings (SSSR count). The van der Waals surface area contributed by atoms with Gasteiger partial charge in [-0.05, 0) is 67.3 Å². The van der Waals surface area contributed by atoms with Crippen LogP contribution in [0.4, 0.5) is 0 Å². The van der Waals surface area contributed by atoms with E-state index in [1.807, 2.05) is 36.4 Å². The average Bonchev–Trinajstić information content (AvgIpc) is 3.28. The highest BCUT2D eigenvalue weighted by atomic mass is 35.5. The van der Waals surface area contributed by atoms with Crippen molar-refractivity contribution in [2.75, 3.05) is 40.5 Å². The molecule has 38 heavy (non-hydrogen) atoms. The van der Waals surface area contributed by atoms with Gasteiger partial charge in [-0.25, -0.2) is 0 Å². The number of unbranched alkanes of at least 4 members (excludes halogenated alkanes) is 1. The van der Waals surface area contributed by atoms with Gasteiger partial charge in [0.2, 0.25) is 6.41 Å². The summed E-state index contributed by atoms with van der Waals surface area (Å²) in [6.07, 6.45) is 2.61. The van der Waals surface area contributed by atoms with Crippen LogP contribution in [0, 0.1) is 5.92 Å². The second-order valence-corrected chi connectivity index (χ2v) is 10.8. The third-order valence-electron chi connectivity index (χ3n) is 8.22. The highest BCUT2D eigenvalue weighted by Crippen LogP contribution is 2.53. The number of nitrogens with two attached hydrogens (primary N) is 1. The Morgan fingerprint density at radius 2 is 2.03 bits per heavy atom. The molecular formula is C29H39ClN2O6. The number of hydrogen-bond donors (Lipinski definition) is 3. The summed E-state index contributed by atoms with van der Waals surface area (Å²) >= 11 is 6.86. The normalized spacial score (nSPS) is 27.2. The van der Waals surface area contributed by atoms with Crippen LogP contribution in [0.3, 0.4) is 0 Å². The first-order valence-electron chi connectivity index (χ1n) is 13.2. The van der Waals surface area contributed by atoms with E-state index in [4.69, 9.17) is 31.5 Å². The molecule has 0 unspecified atom stereocenters. The summed E-state index contributed by atoms with van der Waals surface area (Å²) in [6.45, 7) is 1.40. The first-order chi connectivity index (χ1) is 18.3. The van der Waals surface area contributed by atoms with Crippen molar-refractivity contribution in [2.45, 2.75) is 55.5 Å². The van der Waals surface area contributed by atoms with E-state index in [1.165, 1.54) is 0 Å². The van der Waals surface area contributed by atoms with Crippen LogP contribution in [-0.4, -0.2) is 79.8 Å². The molecular weight excluding hydrogens is 508 g/mol. The van der Waals surface area contributed by atoms with Crippen LogP contribution in [-0.2, 0) is 19.9 Å². The Balaban J connectivity index is 1.93. The molecule has 208 valence electrons. The van der Waals surface area contributed by atoms with Crippen molar-refractivity contribution in [1.29, 1.82) is 0 Å². The maximum absolute atomic E-state index is 13.1. The second kappa shape index (κ2) is 12.3. The Morgan fingerprint density at radius 3 is 2.71 bits per heavy atom. The largest absolute Gasteiger partial charge is 0.497 e. The van der Waals surface area contributed by atoms with Crippen LogP contribution in [0.1, 0.15) is 37.7 Å². The Labute approximate surface area is 229 Å². The van der Waals surface area contributed by atoms with Crippen LogP contribution < -0.4 is 10.5 Å². The van der Waals surface area contributed by atoms with Crippen LogP contribution >= 0.6 is 11.6 Å². The van der Waals surface area contributed by atoms with Crippen molar-refractivity contribution in [1.82, 2.24) is 4.90 Å². The van der Waals surface area contributed by atoms with Gasteiger partial charge in [0, 0.05) is 36.9 Å². The fourth-order valence-electron chi connectivity index (χ4n) is 6.27. The summed E-state index contributed by atoms with van der Waals surface area (Å²) in [5.41, 5.74) is 5.57. The smallest absolute Gasteiger partial charge is 0.209 e. The van der Waals surface area contributed by atoms with Crippen molar-refractivity contribution < 1.29 is 29.2 Å². The number of hydrogen-bond acceptors (Lipinski definition) is 7. The summed E-state index contributed by atoms with van der Waals surface area (Å²) < 4.78 is 17.4. The van der Waals surface area contributed by atoms with E-state index in [-0.39, 0.29) is 19.1 Å². The molecule has 1 aliphatic carbocycles. The predicted octanol–water partition coefficient (Wildman–Crippen LogP) is 3.35. The van der Waals surface area contributed by atoms with Gasteiger partial charge in [0.15, 0.2) is 0 Å². The molecule has 5 atom stereocenters. The number of carbonyl (C=O) groups is 1. The van der Waals surface area contributed by atoms with E-state index >= 15 is 0 Å². The molecule has 1 heterocycles. The van der Waals surface area contributed by atoms with Gasteiger partial charge in [-0.2, -0.15) is 0 Å². The molecule has 1 amide bonds. The Hall–Kier alpha value is -2.20. The topological polar surface area (TPSA) is 114 Å². The molecule has 2 fully saturated rings. The van der Waals surface area contributed by atoms with Gasteiger partial charge in [0.05, 0.1) is 26.4 Å². The summed E-state index contributed by atoms with van der Waals surface area (Å²) in [4.78, 5) is 13.7. The molecule has 9 heteroatoms. The molecule has 8 nitrogen and oxygen atoms in total. The molecule has 2 aliphatic rings. The molecule has 0 radical (unpaired) electrons. The zero-order valence-corrected chi connectivity index (χ0v) is 22.9. The summed E-state index contributed by atoms with van der Waals surface area (Å²) in [6, 6.07) is 12.6. The number of ether oxygens (including phenoxy) is 3. The fourth-order valence-corrected chi connectivity index (χ4v) is 6.55. The second-order valence-electron chi connectivity index (χ2n) is 10.4. The van der Waals surface area contributed by atoms with Crippen molar-refractivity contribution in [2.24, 2.45) is 11.7 Å². The van der Waals surface area contributed by atoms with Crippen molar-refractivity contribution in [3.05, 3.63) is 53.1 Å². The zero-order chi connectivity index (χ0) is 27.3.